The van der Waals surface area contributed by atoms with E-state index in [9.17, 15) is 15.3 Å². The van der Waals surface area contributed by atoms with Gasteiger partial charge < -0.3 is 37.3 Å². The fourth-order valence-electron chi connectivity index (χ4n) is 7.66. The van der Waals surface area contributed by atoms with Crippen LogP contribution in [-0.2, 0) is 4.74 Å². The van der Waals surface area contributed by atoms with Gasteiger partial charge in [-0.1, -0.05) is 123 Å². The van der Waals surface area contributed by atoms with E-state index < -0.39 is 0 Å². The second-order valence-electron chi connectivity index (χ2n) is 21.5. The lowest BCUT2D eigenvalue weighted by molar-refractivity contribution is -0.0763. The van der Waals surface area contributed by atoms with Gasteiger partial charge in [-0.15, -0.1) is 0 Å². The molecule has 0 aromatic rings. The molecule has 9 N–H and O–H groups in total. The Bertz CT molecular complexity index is 934. The molecule has 0 aromatic heterocycles. The Morgan fingerprint density at radius 3 is 0.709 bits per heavy atom. The zero-order chi connectivity index (χ0) is 42.5. The van der Waals surface area contributed by atoms with Gasteiger partial charge in [-0.25, -0.2) is 0 Å². The molecule has 6 saturated carbocycles. The Balaban J connectivity index is 0.000000322. The molecule has 7 fully saturated rings. The molecule has 0 bridgehead atoms. The quantitative estimate of drug-likeness (QED) is 0.151. The summed E-state index contributed by atoms with van der Waals surface area (Å²) in [7, 11) is 0. The van der Waals surface area contributed by atoms with Gasteiger partial charge in [-0.05, 0) is 138 Å². The van der Waals surface area contributed by atoms with Gasteiger partial charge in [0.05, 0.1) is 22.9 Å². The van der Waals surface area contributed by atoms with Crippen molar-refractivity contribution in [2.45, 2.75) is 258 Å². The summed E-state index contributed by atoms with van der Waals surface area (Å²) >= 11 is 0. The van der Waals surface area contributed by atoms with E-state index in [1.807, 2.05) is 0 Å². The van der Waals surface area contributed by atoms with Gasteiger partial charge in [0.15, 0.2) is 0 Å². The number of ether oxygens (including phenoxy) is 1. The molecule has 0 aromatic carbocycles. The van der Waals surface area contributed by atoms with Crippen molar-refractivity contribution in [1.29, 1.82) is 0 Å². The van der Waals surface area contributed by atoms with Crippen LogP contribution in [0.5, 0.6) is 0 Å². The first-order valence-electron chi connectivity index (χ1n) is 23.4. The highest BCUT2D eigenvalue weighted by molar-refractivity contribution is 5.01. The molecule has 0 radical (unpaired) electrons. The molecule has 7 aliphatic rings. The summed E-state index contributed by atoms with van der Waals surface area (Å²) in [5.41, 5.74) is 17.7. The van der Waals surface area contributed by atoms with Crippen molar-refractivity contribution in [3.05, 3.63) is 0 Å². The minimum atomic E-state index is -0.306. The average molecular weight is 782 g/mol. The maximum absolute atomic E-state index is 9.77. The molecule has 6 aliphatic carbocycles. The van der Waals surface area contributed by atoms with Crippen molar-refractivity contribution in [1.82, 2.24) is 0 Å². The summed E-state index contributed by atoms with van der Waals surface area (Å²) in [5, 5.41) is 28.5. The Labute approximate surface area is 342 Å². The van der Waals surface area contributed by atoms with Gasteiger partial charge in [-0.3, -0.25) is 0 Å². The summed E-state index contributed by atoms with van der Waals surface area (Å²) in [6, 6.07) is 0. The third kappa shape index (κ3) is 17.9. The number of nitrogens with two attached hydrogens (primary N) is 3. The van der Waals surface area contributed by atoms with Crippen molar-refractivity contribution in [3.63, 3.8) is 0 Å². The number of hydrogen-bond acceptors (Lipinski definition) is 7. The molecule has 55 heavy (non-hydrogen) atoms. The molecule has 0 amide bonds. The van der Waals surface area contributed by atoms with Crippen LogP contribution in [0.15, 0.2) is 0 Å². The summed E-state index contributed by atoms with van der Waals surface area (Å²) in [5.74, 6) is 4.13. The molecule has 1 heterocycles. The largest absolute Gasteiger partial charge is 0.390 e. The highest BCUT2D eigenvalue weighted by Crippen LogP contribution is 2.42. The normalized spacial score (nSPS) is 26.1. The van der Waals surface area contributed by atoms with Crippen molar-refractivity contribution >= 4 is 0 Å². The van der Waals surface area contributed by atoms with Crippen LogP contribution in [0, 0.1) is 41.4 Å². The van der Waals surface area contributed by atoms with E-state index in [2.05, 4.69) is 96.9 Å². The lowest BCUT2D eigenvalue weighted by Gasteiger charge is -2.41. The molecule has 1 unspecified atom stereocenters. The Morgan fingerprint density at radius 1 is 0.382 bits per heavy atom. The van der Waals surface area contributed by atoms with Crippen LogP contribution >= 0.6 is 0 Å². The minimum absolute atomic E-state index is 0.194. The first-order valence-corrected chi connectivity index (χ1v) is 23.4. The van der Waals surface area contributed by atoms with Crippen LogP contribution < -0.4 is 17.2 Å². The van der Waals surface area contributed by atoms with Crippen LogP contribution in [0.1, 0.15) is 219 Å². The molecular weight excluding hydrogens is 683 g/mol. The summed E-state index contributed by atoms with van der Waals surface area (Å²) in [6.45, 7) is 31.1. The standard InChI is InChI=1S/C8H17N.C8H16O.C7H15N.C7H14O.C6H13N.2C6H12O/c2*1-7(2)8(9)5-3-4-6-8;2*1-6(2)7(8)4-3-5-7;1-5(2)6(7)3-4-6;1-5(2)6-3-4-7-6;1-5(2)6(7)3-4-6/h7H,3-6,9H2,1-2H3;7,9H,3-6H2,1-2H3;6H,3-5,8H2,1-2H3;6,8H,3-5H2,1-2H3;5H,3-4,7H2,1-2H3;5-6H,3-4H2,1-2H3;5,7H,3-4H2,1-2H3. The molecule has 7 nitrogen and oxygen atoms in total. The lowest BCUT2D eigenvalue weighted by Crippen LogP contribution is -2.50. The van der Waals surface area contributed by atoms with E-state index in [0.717, 1.165) is 51.0 Å². The zero-order valence-corrected chi connectivity index (χ0v) is 39.2. The Morgan fingerprint density at radius 2 is 0.636 bits per heavy atom. The van der Waals surface area contributed by atoms with Gasteiger partial charge in [0.2, 0.25) is 0 Å². The van der Waals surface area contributed by atoms with E-state index in [1.54, 1.807) is 0 Å². The number of rotatable bonds is 7. The molecule has 1 saturated heterocycles. The molecule has 1 aliphatic heterocycles. The molecule has 7 rings (SSSR count). The van der Waals surface area contributed by atoms with Crippen LogP contribution in [0.3, 0.4) is 0 Å². The van der Waals surface area contributed by atoms with E-state index in [1.165, 1.54) is 83.5 Å². The smallest absolute Gasteiger partial charge is 0.0672 e. The monoisotopic (exact) mass is 782 g/mol. The third-order valence-corrected chi connectivity index (χ3v) is 15.2. The topological polar surface area (TPSA) is 148 Å². The van der Waals surface area contributed by atoms with Crippen LogP contribution in [0.25, 0.3) is 0 Å². The predicted octanol–water partition coefficient (Wildman–Crippen LogP) is 10.7. The fourth-order valence-corrected chi connectivity index (χ4v) is 7.66. The fraction of sp³-hybridized carbons (Fsp3) is 1.00. The second-order valence-corrected chi connectivity index (χ2v) is 21.5. The lowest BCUT2D eigenvalue weighted by atomic mass is 9.70. The van der Waals surface area contributed by atoms with Crippen molar-refractivity contribution < 1.29 is 20.1 Å². The zero-order valence-electron chi connectivity index (χ0n) is 39.2. The maximum atomic E-state index is 9.77. The first-order chi connectivity index (χ1) is 25.2. The van der Waals surface area contributed by atoms with E-state index >= 15 is 0 Å². The second kappa shape index (κ2) is 22.9. The van der Waals surface area contributed by atoms with E-state index in [-0.39, 0.29) is 33.4 Å². The Hall–Kier alpha value is -0.280. The van der Waals surface area contributed by atoms with Crippen LogP contribution in [0.4, 0.5) is 0 Å². The molecular formula is C48H99N3O4. The van der Waals surface area contributed by atoms with Crippen molar-refractivity contribution in [2.24, 2.45) is 58.6 Å². The predicted molar refractivity (Wildman–Crippen MR) is 237 cm³/mol. The van der Waals surface area contributed by atoms with Gasteiger partial charge in [-0.2, -0.15) is 0 Å². The number of aliphatic hydroxyl groups is 3. The maximum Gasteiger partial charge on any atom is 0.0672 e. The third-order valence-electron chi connectivity index (χ3n) is 15.2. The van der Waals surface area contributed by atoms with Gasteiger partial charge in [0.1, 0.15) is 0 Å². The molecule has 0 spiro atoms. The summed E-state index contributed by atoms with van der Waals surface area (Å²) in [6.07, 6.45) is 23.1. The minimum Gasteiger partial charge on any atom is -0.390 e. The summed E-state index contributed by atoms with van der Waals surface area (Å²) in [4.78, 5) is 0. The molecule has 7 heteroatoms. The summed E-state index contributed by atoms with van der Waals surface area (Å²) < 4.78 is 5.19. The van der Waals surface area contributed by atoms with Crippen molar-refractivity contribution in [2.75, 3.05) is 6.61 Å². The van der Waals surface area contributed by atoms with Gasteiger partial charge in [0, 0.05) is 23.2 Å². The molecule has 330 valence electrons. The van der Waals surface area contributed by atoms with E-state index in [4.69, 9.17) is 21.9 Å². The Kier molecular flexibility index (Phi) is 22.0. The first kappa shape index (κ1) is 52.7. The van der Waals surface area contributed by atoms with Gasteiger partial charge in [0.25, 0.3) is 0 Å². The number of hydrogen-bond donors (Lipinski definition) is 6. The SMILES string of the molecule is CC(C)C1(N)CC1.CC(C)C1(N)CCC1.CC(C)C1(N)CCCC1.CC(C)C1(O)CC1.CC(C)C1(O)CCC1.CC(C)C1(O)CCCC1.CC(C)C1CCO1. The highest BCUT2D eigenvalue weighted by Gasteiger charge is 2.43. The van der Waals surface area contributed by atoms with Crippen molar-refractivity contribution in [3.8, 4) is 0 Å². The van der Waals surface area contributed by atoms with E-state index in [0.29, 0.717) is 41.6 Å². The van der Waals surface area contributed by atoms with Crippen LogP contribution in [-0.4, -0.2) is 61.5 Å². The van der Waals surface area contributed by atoms with Crippen LogP contribution in [0.2, 0.25) is 0 Å². The average Bonchev–Trinajstić information content (AvgIpc) is 3.87. The highest BCUT2D eigenvalue weighted by atomic mass is 16.5. The molecule has 1 atom stereocenters. The van der Waals surface area contributed by atoms with Gasteiger partial charge >= 0.3 is 0 Å².